The number of aliphatic carboxylic acids is 1. The Morgan fingerprint density at radius 3 is 2.57 bits per heavy atom. The molecule has 14 heavy (non-hydrogen) atoms. The number of nitrogens with zero attached hydrogens (tertiary/aromatic N) is 1. The van der Waals surface area contributed by atoms with E-state index < -0.39 is 22.1 Å². The summed E-state index contributed by atoms with van der Waals surface area (Å²) in [6, 6.07) is 0. The van der Waals surface area contributed by atoms with E-state index in [-0.39, 0.29) is 12.3 Å². The fourth-order valence-electron chi connectivity index (χ4n) is 1.32. The van der Waals surface area contributed by atoms with Crippen molar-refractivity contribution in [1.82, 2.24) is 4.31 Å². The van der Waals surface area contributed by atoms with E-state index in [1.165, 1.54) is 0 Å². The molecule has 0 aliphatic carbocycles. The van der Waals surface area contributed by atoms with Crippen LogP contribution < -0.4 is 0 Å². The van der Waals surface area contributed by atoms with Crippen molar-refractivity contribution in [1.29, 1.82) is 0 Å². The summed E-state index contributed by atoms with van der Waals surface area (Å²) in [4.78, 5) is 10.3. The Hall–Kier alpha value is -0.660. The standard InChI is InChI=1S/C7H13NO5S/c9-6(7(10)11)5-8-3-1-2-4-14(8,12)13/h6,9H,1-5H2,(H,10,11). The van der Waals surface area contributed by atoms with E-state index in [0.29, 0.717) is 19.4 Å². The van der Waals surface area contributed by atoms with Crippen molar-refractivity contribution in [3.05, 3.63) is 0 Å². The quantitative estimate of drug-likeness (QED) is 0.630. The maximum Gasteiger partial charge on any atom is 0.333 e. The van der Waals surface area contributed by atoms with E-state index in [4.69, 9.17) is 10.2 Å². The highest BCUT2D eigenvalue weighted by atomic mass is 32.2. The molecule has 82 valence electrons. The molecule has 0 aromatic carbocycles. The fraction of sp³-hybridized carbons (Fsp3) is 0.857. The summed E-state index contributed by atoms with van der Waals surface area (Å²) < 4.78 is 23.8. The third kappa shape index (κ3) is 2.66. The van der Waals surface area contributed by atoms with Gasteiger partial charge in [0, 0.05) is 6.54 Å². The van der Waals surface area contributed by atoms with Crippen LogP contribution in [0.25, 0.3) is 0 Å². The lowest BCUT2D eigenvalue weighted by atomic mass is 10.3. The molecule has 0 amide bonds. The Kier molecular flexibility index (Phi) is 3.46. The number of rotatable bonds is 3. The topological polar surface area (TPSA) is 94.9 Å². The molecule has 1 heterocycles. The normalized spacial score (nSPS) is 24.4. The molecule has 0 aromatic heterocycles. The minimum absolute atomic E-state index is 0.0410. The van der Waals surface area contributed by atoms with Crippen LogP contribution in [0.5, 0.6) is 0 Å². The molecular weight excluding hydrogens is 210 g/mol. The molecular formula is C7H13NO5S. The second-order valence-electron chi connectivity index (χ2n) is 3.24. The molecule has 0 radical (unpaired) electrons. The first kappa shape index (κ1) is 11.4. The Morgan fingerprint density at radius 2 is 2.07 bits per heavy atom. The third-order valence-corrected chi connectivity index (χ3v) is 4.04. The van der Waals surface area contributed by atoms with Crippen LogP contribution in [0, 0.1) is 0 Å². The molecule has 6 nitrogen and oxygen atoms in total. The van der Waals surface area contributed by atoms with Crippen molar-refractivity contribution >= 4 is 16.0 Å². The van der Waals surface area contributed by atoms with Gasteiger partial charge in [0.05, 0.1) is 12.3 Å². The molecule has 0 aromatic rings. The van der Waals surface area contributed by atoms with Crippen LogP contribution in [-0.2, 0) is 14.8 Å². The molecule has 0 spiro atoms. The van der Waals surface area contributed by atoms with E-state index in [9.17, 15) is 13.2 Å². The van der Waals surface area contributed by atoms with Gasteiger partial charge in [-0.05, 0) is 12.8 Å². The fourth-order valence-corrected chi connectivity index (χ4v) is 2.92. The van der Waals surface area contributed by atoms with Crippen LogP contribution >= 0.6 is 0 Å². The average Bonchev–Trinajstić information content (AvgIpc) is 2.08. The highest BCUT2D eigenvalue weighted by Crippen LogP contribution is 2.13. The molecule has 1 unspecified atom stereocenters. The van der Waals surface area contributed by atoms with E-state index in [0.717, 1.165) is 4.31 Å². The highest BCUT2D eigenvalue weighted by molar-refractivity contribution is 7.89. The van der Waals surface area contributed by atoms with E-state index >= 15 is 0 Å². The molecule has 1 aliphatic rings. The van der Waals surface area contributed by atoms with Crippen LogP contribution in [0.2, 0.25) is 0 Å². The van der Waals surface area contributed by atoms with Gasteiger partial charge in [-0.15, -0.1) is 0 Å². The van der Waals surface area contributed by atoms with Crippen molar-refractivity contribution in [2.24, 2.45) is 0 Å². The number of aliphatic hydroxyl groups is 1. The second kappa shape index (κ2) is 4.24. The largest absolute Gasteiger partial charge is 0.479 e. The van der Waals surface area contributed by atoms with Crippen LogP contribution in [0.15, 0.2) is 0 Å². The molecule has 0 saturated carbocycles. The zero-order valence-electron chi connectivity index (χ0n) is 7.59. The molecule has 1 fully saturated rings. The summed E-state index contributed by atoms with van der Waals surface area (Å²) in [5.74, 6) is -1.36. The molecule has 1 rings (SSSR count). The van der Waals surface area contributed by atoms with Gasteiger partial charge in [0.2, 0.25) is 10.0 Å². The first-order chi connectivity index (χ1) is 6.43. The SMILES string of the molecule is O=C(O)C(O)CN1CCCCS1(=O)=O. The molecule has 1 saturated heterocycles. The summed E-state index contributed by atoms with van der Waals surface area (Å²) in [6.07, 6.45) is -0.323. The lowest BCUT2D eigenvalue weighted by Gasteiger charge is -2.26. The molecule has 1 aliphatic heterocycles. The minimum atomic E-state index is -3.34. The van der Waals surface area contributed by atoms with Gasteiger partial charge in [-0.1, -0.05) is 0 Å². The first-order valence-corrected chi connectivity index (χ1v) is 5.93. The minimum Gasteiger partial charge on any atom is -0.479 e. The summed E-state index contributed by atoms with van der Waals surface area (Å²) in [5.41, 5.74) is 0. The predicted octanol–water partition coefficient (Wildman–Crippen LogP) is -1.14. The highest BCUT2D eigenvalue weighted by Gasteiger charge is 2.29. The van der Waals surface area contributed by atoms with Gasteiger partial charge < -0.3 is 10.2 Å². The Labute approximate surface area is 82.2 Å². The molecule has 2 N–H and O–H groups in total. The van der Waals surface area contributed by atoms with Crippen molar-refractivity contribution in [3.8, 4) is 0 Å². The van der Waals surface area contributed by atoms with Gasteiger partial charge in [-0.3, -0.25) is 0 Å². The van der Waals surface area contributed by atoms with Crippen LogP contribution in [0.3, 0.4) is 0 Å². The van der Waals surface area contributed by atoms with Crippen molar-refractivity contribution in [2.45, 2.75) is 18.9 Å². The predicted molar refractivity (Wildman–Crippen MR) is 48.2 cm³/mol. The number of carbonyl (C=O) groups is 1. The lowest BCUT2D eigenvalue weighted by molar-refractivity contribution is -0.146. The van der Waals surface area contributed by atoms with Gasteiger partial charge >= 0.3 is 5.97 Å². The average molecular weight is 223 g/mol. The number of carboxylic acids is 1. The number of sulfonamides is 1. The molecule has 1 atom stereocenters. The number of aliphatic hydroxyl groups excluding tert-OH is 1. The first-order valence-electron chi connectivity index (χ1n) is 4.32. The van der Waals surface area contributed by atoms with Crippen molar-refractivity contribution < 1.29 is 23.4 Å². The Balaban J connectivity index is 2.63. The van der Waals surface area contributed by atoms with Crippen molar-refractivity contribution in [3.63, 3.8) is 0 Å². The third-order valence-electron chi connectivity index (χ3n) is 2.11. The van der Waals surface area contributed by atoms with E-state index in [1.54, 1.807) is 0 Å². The van der Waals surface area contributed by atoms with Gasteiger partial charge in [-0.25, -0.2) is 13.2 Å². The van der Waals surface area contributed by atoms with E-state index in [2.05, 4.69) is 0 Å². The lowest BCUT2D eigenvalue weighted by Crippen LogP contribution is -2.44. The number of carboxylic acid groups (broad SMARTS) is 1. The summed E-state index contributed by atoms with van der Waals surface area (Å²) in [6.45, 7) is -0.0513. The Bertz CT molecular complexity index is 312. The monoisotopic (exact) mass is 223 g/mol. The summed E-state index contributed by atoms with van der Waals surface area (Å²) >= 11 is 0. The molecule has 0 bridgehead atoms. The zero-order valence-corrected chi connectivity index (χ0v) is 8.40. The maximum absolute atomic E-state index is 11.4. The van der Waals surface area contributed by atoms with Gasteiger partial charge in [0.1, 0.15) is 0 Å². The van der Waals surface area contributed by atoms with Gasteiger partial charge in [-0.2, -0.15) is 4.31 Å². The van der Waals surface area contributed by atoms with E-state index in [1.807, 2.05) is 0 Å². The summed E-state index contributed by atoms with van der Waals surface area (Å²) in [7, 11) is -3.34. The van der Waals surface area contributed by atoms with Crippen LogP contribution in [0.4, 0.5) is 0 Å². The van der Waals surface area contributed by atoms with Crippen LogP contribution in [0.1, 0.15) is 12.8 Å². The second-order valence-corrected chi connectivity index (χ2v) is 5.32. The van der Waals surface area contributed by atoms with Crippen molar-refractivity contribution in [2.75, 3.05) is 18.8 Å². The number of β-amino-alcohol motifs (C(OH)–C–C–N with tert-alkyl or cyclic N) is 1. The van der Waals surface area contributed by atoms with Crippen LogP contribution in [-0.4, -0.2) is 53.9 Å². The number of hydrogen-bond donors (Lipinski definition) is 2. The summed E-state index contributed by atoms with van der Waals surface area (Å²) in [5, 5.41) is 17.4. The maximum atomic E-state index is 11.4. The zero-order chi connectivity index (χ0) is 10.8. The molecule has 7 heteroatoms. The Morgan fingerprint density at radius 1 is 1.43 bits per heavy atom. The van der Waals surface area contributed by atoms with Gasteiger partial charge in [0.25, 0.3) is 0 Å². The number of hydrogen-bond acceptors (Lipinski definition) is 4. The van der Waals surface area contributed by atoms with Gasteiger partial charge in [0.15, 0.2) is 6.10 Å². The smallest absolute Gasteiger partial charge is 0.333 e.